The number of hydrogen-bond donors (Lipinski definition) is 6. The van der Waals surface area contributed by atoms with Gasteiger partial charge in [-0.3, -0.25) is 19.2 Å². The van der Waals surface area contributed by atoms with Gasteiger partial charge < -0.3 is 32.1 Å². The van der Waals surface area contributed by atoms with E-state index in [9.17, 15) is 29.1 Å². The summed E-state index contributed by atoms with van der Waals surface area (Å²) in [6.07, 6.45) is 1.57. The molecule has 0 spiro atoms. The van der Waals surface area contributed by atoms with E-state index in [0.717, 1.165) is 12.0 Å². The maximum atomic E-state index is 13.3. The zero-order valence-corrected chi connectivity index (χ0v) is 20.8. The van der Waals surface area contributed by atoms with Crippen LogP contribution in [0.5, 0.6) is 0 Å². The second-order valence-corrected chi connectivity index (χ2v) is 9.49. The number of nitrogens with one attached hydrogen (secondary N) is 4. The van der Waals surface area contributed by atoms with Gasteiger partial charge in [0, 0.05) is 12.8 Å². The number of amides is 4. The van der Waals surface area contributed by atoms with Gasteiger partial charge in [0.25, 0.3) is 0 Å². The van der Waals surface area contributed by atoms with Crippen molar-refractivity contribution in [2.45, 2.75) is 76.5 Å². The van der Waals surface area contributed by atoms with Crippen LogP contribution in [0, 0.1) is 5.92 Å². The Morgan fingerprint density at radius 3 is 2.19 bits per heavy atom. The molecule has 4 amide bonds. The highest BCUT2D eigenvalue weighted by molar-refractivity contribution is 5.94. The van der Waals surface area contributed by atoms with Crippen molar-refractivity contribution in [1.82, 2.24) is 21.3 Å². The molecule has 0 radical (unpaired) electrons. The van der Waals surface area contributed by atoms with Gasteiger partial charge in [-0.1, -0.05) is 44.2 Å². The van der Waals surface area contributed by atoms with Gasteiger partial charge in [0.2, 0.25) is 23.6 Å². The van der Waals surface area contributed by atoms with Gasteiger partial charge in [-0.05, 0) is 43.7 Å². The molecule has 1 aliphatic heterocycles. The highest BCUT2D eigenvalue weighted by Gasteiger charge is 2.32. The predicted molar refractivity (Wildman–Crippen MR) is 132 cm³/mol. The van der Waals surface area contributed by atoms with Crippen LogP contribution in [0.25, 0.3) is 0 Å². The summed E-state index contributed by atoms with van der Waals surface area (Å²) < 4.78 is 0. The average molecular weight is 504 g/mol. The number of nitrogens with two attached hydrogens (primary N) is 1. The Bertz CT molecular complexity index is 917. The molecule has 4 atom stereocenters. The predicted octanol–water partition coefficient (Wildman–Crippen LogP) is -0.168. The molecule has 0 saturated carbocycles. The van der Waals surface area contributed by atoms with E-state index in [2.05, 4.69) is 21.3 Å². The molecule has 0 bridgehead atoms. The third kappa shape index (κ3) is 9.65. The number of carbonyl (C=O) groups excluding carboxylic acids is 4. The lowest BCUT2D eigenvalue weighted by Gasteiger charge is -2.25. The number of rotatable bonds is 14. The van der Waals surface area contributed by atoms with Gasteiger partial charge in [0.05, 0.1) is 6.04 Å². The van der Waals surface area contributed by atoms with Crippen LogP contribution >= 0.6 is 0 Å². The number of carboxylic acid groups (broad SMARTS) is 1. The van der Waals surface area contributed by atoms with Crippen LogP contribution in [0.4, 0.5) is 0 Å². The Morgan fingerprint density at radius 2 is 1.64 bits per heavy atom. The molecule has 11 heteroatoms. The SMILES string of the molecule is CC(C)CC(NC(=O)C(CCC(N)=O)NC(=O)C(Cc1ccccc1)NC(=O)C1CCCN1)C(=O)O. The summed E-state index contributed by atoms with van der Waals surface area (Å²) in [5.41, 5.74) is 6.05. The summed E-state index contributed by atoms with van der Waals surface area (Å²) in [5, 5.41) is 20.4. The van der Waals surface area contributed by atoms with Gasteiger partial charge in [-0.15, -0.1) is 0 Å². The molecule has 198 valence electrons. The lowest BCUT2D eigenvalue weighted by molar-refractivity contribution is -0.143. The summed E-state index contributed by atoms with van der Waals surface area (Å²) in [7, 11) is 0. The molecule has 1 saturated heterocycles. The van der Waals surface area contributed by atoms with Crippen molar-refractivity contribution in [1.29, 1.82) is 0 Å². The average Bonchev–Trinajstić information content (AvgIpc) is 3.36. The molecule has 11 nitrogen and oxygen atoms in total. The summed E-state index contributed by atoms with van der Waals surface area (Å²) in [6, 6.07) is 5.34. The van der Waals surface area contributed by atoms with Crippen LogP contribution in [0.3, 0.4) is 0 Å². The van der Waals surface area contributed by atoms with E-state index in [4.69, 9.17) is 5.73 Å². The fourth-order valence-electron chi connectivity index (χ4n) is 4.03. The van der Waals surface area contributed by atoms with Gasteiger partial charge >= 0.3 is 5.97 Å². The smallest absolute Gasteiger partial charge is 0.326 e. The molecular formula is C25H37N5O6. The third-order valence-electron chi connectivity index (χ3n) is 5.93. The van der Waals surface area contributed by atoms with E-state index in [1.165, 1.54) is 0 Å². The lowest BCUT2D eigenvalue weighted by atomic mass is 10.0. The summed E-state index contributed by atoms with van der Waals surface area (Å²) in [6.45, 7) is 4.36. The first-order chi connectivity index (χ1) is 17.1. The fraction of sp³-hybridized carbons (Fsp3) is 0.560. The molecule has 0 aromatic heterocycles. The number of primary amides is 1. The first-order valence-electron chi connectivity index (χ1n) is 12.3. The van der Waals surface area contributed by atoms with Crippen molar-refractivity contribution in [2.75, 3.05) is 6.54 Å². The molecule has 7 N–H and O–H groups in total. The largest absolute Gasteiger partial charge is 0.480 e. The van der Waals surface area contributed by atoms with Crippen molar-refractivity contribution >= 4 is 29.6 Å². The standard InChI is InChI=1S/C25H37N5O6/c1-15(2)13-20(25(35)36)30-23(33)18(10-11-21(26)31)28-24(34)19(14-16-7-4-3-5-8-16)29-22(32)17-9-6-12-27-17/h3-5,7-8,15,17-20,27H,6,9-14H2,1-2H3,(H2,26,31)(H,28,34)(H,29,32)(H,30,33)(H,35,36). The molecule has 1 aliphatic rings. The van der Waals surface area contributed by atoms with Crippen LogP contribution in [0.15, 0.2) is 30.3 Å². The minimum absolute atomic E-state index is 0.000257. The minimum atomic E-state index is -1.21. The summed E-state index contributed by atoms with van der Waals surface area (Å²) in [4.78, 5) is 62.0. The van der Waals surface area contributed by atoms with Crippen LogP contribution in [-0.4, -0.2) is 65.4 Å². The Balaban J connectivity index is 2.19. The summed E-state index contributed by atoms with van der Waals surface area (Å²) in [5.74, 6) is -3.54. The van der Waals surface area contributed by atoms with E-state index < -0.39 is 47.9 Å². The van der Waals surface area contributed by atoms with Crippen molar-refractivity contribution in [3.63, 3.8) is 0 Å². The second kappa shape index (κ2) is 14.2. The number of carboxylic acids is 1. The topological polar surface area (TPSA) is 180 Å². The van der Waals surface area contributed by atoms with Gasteiger partial charge in [-0.25, -0.2) is 4.79 Å². The van der Waals surface area contributed by atoms with E-state index in [1.807, 2.05) is 44.2 Å². The first kappa shape index (κ1) is 28.8. The molecule has 2 rings (SSSR count). The van der Waals surface area contributed by atoms with Gasteiger partial charge in [0.15, 0.2) is 0 Å². The van der Waals surface area contributed by atoms with Crippen molar-refractivity contribution in [3.8, 4) is 0 Å². The molecule has 1 fully saturated rings. The van der Waals surface area contributed by atoms with Gasteiger partial charge in [-0.2, -0.15) is 0 Å². The Hall–Kier alpha value is -3.47. The Kier molecular flexibility index (Phi) is 11.3. The third-order valence-corrected chi connectivity index (χ3v) is 5.93. The fourth-order valence-corrected chi connectivity index (χ4v) is 4.03. The van der Waals surface area contributed by atoms with Crippen LogP contribution in [0.1, 0.15) is 51.5 Å². The quantitative estimate of drug-likeness (QED) is 0.204. The molecule has 4 unspecified atom stereocenters. The van der Waals surface area contributed by atoms with Crippen molar-refractivity contribution in [3.05, 3.63) is 35.9 Å². The van der Waals surface area contributed by atoms with Crippen molar-refractivity contribution in [2.24, 2.45) is 11.7 Å². The normalized spacial score (nSPS) is 17.6. The van der Waals surface area contributed by atoms with E-state index in [0.29, 0.717) is 13.0 Å². The second-order valence-electron chi connectivity index (χ2n) is 9.49. The first-order valence-corrected chi connectivity index (χ1v) is 12.3. The van der Waals surface area contributed by atoms with E-state index in [1.54, 1.807) is 0 Å². The molecule has 1 heterocycles. The van der Waals surface area contributed by atoms with E-state index >= 15 is 0 Å². The maximum absolute atomic E-state index is 13.3. The Morgan fingerprint density at radius 1 is 1.00 bits per heavy atom. The molecule has 36 heavy (non-hydrogen) atoms. The maximum Gasteiger partial charge on any atom is 0.326 e. The summed E-state index contributed by atoms with van der Waals surface area (Å²) >= 11 is 0. The van der Waals surface area contributed by atoms with Crippen LogP contribution in [-0.2, 0) is 30.4 Å². The van der Waals surface area contributed by atoms with Crippen LogP contribution < -0.4 is 27.0 Å². The number of benzene rings is 1. The molecule has 1 aromatic rings. The zero-order chi connectivity index (χ0) is 26.7. The molecular weight excluding hydrogens is 466 g/mol. The lowest BCUT2D eigenvalue weighted by Crippen LogP contribution is -2.57. The zero-order valence-electron chi connectivity index (χ0n) is 20.8. The van der Waals surface area contributed by atoms with Gasteiger partial charge in [0.1, 0.15) is 18.1 Å². The monoisotopic (exact) mass is 503 g/mol. The minimum Gasteiger partial charge on any atom is -0.480 e. The highest BCUT2D eigenvalue weighted by Crippen LogP contribution is 2.10. The number of hydrogen-bond acceptors (Lipinski definition) is 6. The number of aliphatic carboxylic acids is 1. The van der Waals surface area contributed by atoms with Crippen LogP contribution in [0.2, 0.25) is 0 Å². The number of carbonyl (C=O) groups is 5. The molecule has 1 aromatic carbocycles. The highest BCUT2D eigenvalue weighted by atomic mass is 16.4. The van der Waals surface area contributed by atoms with E-state index in [-0.39, 0.29) is 37.5 Å². The Labute approximate surface area is 211 Å². The van der Waals surface area contributed by atoms with Crippen molar-refractivity contribution < 1.29 is 29.1 Å². The molecule has 0 aliphatic carbocycles.